The SMILES string of the molecule is C[C@@]1(CC(S(=O)(=O)c2ccccc2)S(=O)(=O)c2ccccc2)N=C(c2ccc(F)cc2F)OC1=O. The van der Waals surface area contributed by atoms with Crippen molar-refractivity contribution in [1.82, 2.24) is 0 Å². The summed E-state index contributed by atoms with van der Waals surface area (Å²) in [6.07, 6.45) is -0.799. The van der Waals surface area contributed by atoms with E-state index < -0.39 is 59.7 Å². The van der Waals surface area contributed by atoms with Gasteiger partial charge in [0.1, 0.15) is 11.6 Å². The van der Waals surface area contributed by atoms with Crippen LogP contribution in [-0.2, 0) is 29.2 Å². The van der Waals surface area contributed by atoms with Crippen molar-refractivity contribution in [2.45, 2.75) is 33.3 Å². The smallest absolute Gasteiger partial charge is 0.340 e. The zero-order chi connectivity index (χ0) is 25.4. The van der Waals surface area contributed by atoms with Crippen LogP contribution in [0.15, 0.2) is 93.6 Å². The molecule has 0 amide bonds. The first kappa shape index (κ1) is 24.7. The van der Waals surface area contributed by atoms with Gasteiger partial charge < -0.3 is 4.74 Å². The number of carbonyl (C=O) groups excluding carboxylic acids is 1. The average Bonchev–Trinajstić information content (AvgIpc) is 3.12. The van der Waals surface area contributed by atoms with Gasteiger partial charge in [-0.25, -0.2) is 35.4 Å². The topological polar surface area (TPSA) is 107 Å². The molecule has 3 aromatic carbocycles. The Balaban J connectivity index is 1.83. The van der Waals surface area contributed by atoms with Crippen molar-refractivity contribution < 1.29 is 35.1 Å². The first-order valence-corrected chi connectivity index (χ1v) is 13.4. The number of hydrogen-bond donors (Lipinski definition) is 0. The number of benzene rings is 3. The molecule has 3 aromatic rings. The Bertz CT molecular complexity index is 1460. The molecule has 0 aromatic heterocycles. The fourth-order valence-electron chi connectivity index (χ4n) is 3.63. The molecule has 182 valence electrons. The number of sulfone groups is 2. The maximum Gasteiger partial charge on any atom is 0.340 e. The Hall–Kier alpha value is -3.44. The molecule has 1 aliphatic heterocycles. The monoisotopic (exact) mass is 519 g/mol. The van der Waals surface area contributed by atoms with Crippen LogP contribution in [0.4, 0.5) is 8.78 Å². The predicted molar refractivity (Wildman–Crippen MR) is 123 cm³/mol. The minimum atomic E-state index is -4.54. The first-order valence-electron chi connectivity index (χ1n) is 10.3. The summed E-state index contributed by atoms with van der Waals surface area (Å²) in [5.74, 6) is -3.47. The van der Waals surface area contributed by atoms with Crippen molar-refractivity contribution in [1.29, 1.82) is 0 Å². The van der Waals surface area contributed by atoms with Crippen LogP contribution in [0.5, 0.6) is 0 Å². The highest BCUT2D eigenvalue weighted by molar-refractivity contribution is 8.09. The van der Waals surface area contributed by atoms with E-state index in [0.29, 0.717) is 6.07 Å². The third kappa shape index (κ3) is 4.61. The van der Waals surface area contributed by atoms with Gasteiger partial charge in [0.05, 0.1) is 15.4 Å². The van der Waals surface area contributed by atoms with E-state index in [4.69, 9.17) is 4.74 Å². The molecule has 0 saturated carbocycles. The third-order valence-corrected chi connectivity index (χ3v) is 10.6. The molecule has 35 heavy (non-hydrogen) atoms. The van der Waals surface area contributed by atoms with Crippen molar-refractivity contribution in [2.24, 2.45) is 4.99 Å². The summed E-state index contributed by atoms with van der Waals surface area (Å²) in [4.78, 5) is 16.4. The Morgan fingerprint density at radius 3 is 1.86 bits per heavy atom. The summed E-state index contributed by atoms with van der Waals surface area (Å²) in [6, 6.07) is 16.4. The highest BCUT2D eigenvalue weighted by Gasteiger charge is 2.51. The number of hydrogen-bond acceptors (Lipinski definition) is 7. The number of rotatable bonds is 7. The van der Waals surface area contributed by atoms with E-state index in [1.165, 1.54) is 55.5 Å². The second kappa shape index (κ2) is 8.97. The number of cyclic esters (lactones) is 1. The summed E-state index contributed by atoms with van der Waals surface area (Å²) in [5, 5.41) is 0. The number of halogens is 2. The van der Waals surface area contributed by atoms with Crippen LogP contribution < -0.4 is 0 Å². The molecule has 1 heterocycles. The largest absolute Gasteiger partial charge is 0.405 e. The molecule has 0 bridgehead atoms. The van der Waals surface area contributed by atoms with Crippen LogP contribution in [-0.4, -0.2) is 38.8 Å². The van der Waals surface area contributed by atoms with Gasteiger partial charge in [-0.1, -0.05) is 36.4 Å². The maximum atomic E-state index is 14.3. The molecule has 0 saturated heterocycles. The zero-order valence-corrected chi connectivity index (χ0v) is 19.9. The minimum Gasteiger partial charge on any atom is -0.405 e. The molecule has 11 heteroatoms. The van der Waals surface area contributed by atoms with Gasteiger partial charge in [0.25, 0.3) is 0 Å². The van der Waals surface area contributed by atoms with Gasteiger partial charge in [0.2, 0.25) is 5.90 Å². The molecule has 7 nitrogen and oxygen atoms in total. The van der Waals surface area contributed by atoms with Crippen LogP contribution >= 0.6 is 0 Å². The molecule has 1 atom stereocenters. The van der Waals surface area contributed by atoms with E-state index in [1.54, 1.807) is 12.1 Å². The standard InChI is InChI=1S/C24H19F2NO6S2/c1-24(23(28)33-22(27-24)19-13-12-16(25)14-20(19)26)15-21(34(29,30)17-8-4-2-5-9-17)35(31,32)18-10-6-3-7-11-18/h2-14,21H,15H2,1H3/t24-/m0/s1. The van der Waals surface area contributed by atoms with Gasteiger partial charge in [-0.05, 0) is 43.3 Å². The van der Waals surface area contributed by atoms with Crippen molar-refractivity contribution in [3.63, 3.8) is 0 Å². The van der Waals surface area contributed by atoms with Crippen molar-refractivity contribution >= 4 is 31.5 Å². The molecule has 0 aliphatic carbocycles. The quantitative estimate of drug-likeness (QED) is 0.441. The molecular weight excluding hydrogens is 500 g/mol. The van der Waals surface area contributed by atoms with Crippen molar-refractivity contribution in [2.75, 3.05) is 0 Å². The molecule has 0 N–H and O–H groups in total. The van der Waals surface area contributed by atoms with Gasteiger partial charge in [-0.2, -0.15) is 0 Å². The Labute approximate surface area is 200 Å². The number of carbonyl (C=O) groups is 1. The van der Waals surface area contributed by atoms with E-state index in [9.17, 15) is 30.4 Å². The van der Waals surface area contributed by atoms with E-state index in [1.807, 2.05) is 0 Å². The van der Waals surface area contributed by atoms with Crippen LogP contribution in [0.25, 0.3) is 0 Å². The van der Waals surface area contributed by atoms with Gasteiger partial charge >= 0.3 is 5.97 Å². The lowest BCUT2D eigenvalue weighted by molar-refractivity contribution is -0.138. The molecule has 0 radical (unpaired) electrons. The Morgan fingerprint density at radius 2 is 1.37 bits per heavy atom. The fraction of sp³-hybridized carbons (Fsp3) is 0.167. The normalized spacial score (nSPS) is 18.4. The van der Waals surface area contributed by atoms with Gasteiger partial charge in [-0.15, -0.1) is 0 Å². The summed E-state index contributed by atoms with van der Waals surface area (Å²) in [6.45, 7) is 1.21. The molecule has 0 spiro atoms. The second-order valence-corrected chi connectivity index (χ2v) is 12.6. The zero-order valence-electron chi connectivity index (χ0n) is 18.3. The lowest BCUT2D eigenvalue weighted by atomic mass is 10.0. The van der Waals surface area contributed by atoms with E-state index >= 15 is 0 Å². The van der Waals surface area contributed by atoms with Crippen LogP contribution in [0.1, 0.15) is 18.9 Å². The lowest BCUT2D eigenvalue weighted by Gasteiger charge is -2.24. The summed E-state index contributed by atoms with van der Waals surface area (Å²) < 4.78 is 84.7. The number of nitrogens with zero attached hydrogens (tertiary/aromatic N) is 1. The number of ether oxygens (including phenoxy) is 1. The minimum absolute atomic E-state index is 0.256. The number of esters is 1. The Kier molecular flexibility index (Phi) is 6.32. The van der Waals surface area contributed by atoms with Crippen molar-refractivity contribution in [3.05, 3.63) is 96.1 Å². The van der Waals surface area contributed by atoms with Crippen molar-refractivity contribution in [3.8, 4) is 0 Å². The summed E-state index contributed by atoms with van der Waals surface area (Å²) in [5.41, 5.74) is -2.30. The van der Waals surface area contributed by atoms with Gasteiger partial charge in [0, 0.05) is 12.5 Å². The second-order valence-electron chi connectivity index (χ2n) is 8.05. The highest BCUT2D eigenvalue weighted by atomic mass is 32.3. The Morgan fingerprint density at radius 1 is 0.857 bits per heavy atom. The molecule has 0 unspecified atom stereocenters. The summed E-state index contributed by atoms with van der Waals surface area (Å²) >= 11 is 0. The predicted octanol–water partition coefficient (Wildman–Crippen LogP) is 3.69. The number of aliphatic imine (C=N–C) groups is 1. The van der Waals surface area contributed by atoms with Gasteiger partial charge in [0.15, 0.2) is 29.8 Å². The maximum absolute atomic E-state index is 14.3. The molecule has 4 rings (SSSR count). The van der Waals surface area contributed by atoms with Crippen LogP contribution in [0.3, 0.4) is 0 Å². The van der Waals surface area contributed by atoms with E-state index in [-0.39, 0.29) is 15.4 Å². The fourth-order valence-corrected chi connectivity index (χ4v) is 8.40. The first-order chi connectivity index (χ1) is 16.4. The molecule has 0 fully saturated rings. The van der Waals surface area contributed by atoms with Crippen LogP contribution in [0, 0.1) is 11.6 Å². The highest BCUT2D eigenvalue weighted by Crippen LogP contribution is 2.36. The third-order valence-electron chi connectivity index (χ3n) is 5.54. The lowest BCUT2D eigenvalue weighted by Crippen LogP contribution is -2.41. The molecular formula is C24H19F2NO6S2. The van der Waals surface area contributed by atoms with Gasteiger partial charge in [-0.3, -0.25) is 0 Å². The average molecular weight is 520 g/mol. The molecule has 1 aliphatic rings. The van der Waals surface area contributed by atoms with Crippen LogP contribution in [0.2, 0.25) is 0 Å². The summed E-state index contributed by atoms with van der Waals surface area (Å²) in [7, 11) is -9.08. The van der Waals surface area contributed by atoms with E-state index in [2.05, 4.69) is 4.99 Å². The van der Waals surface area contributed by atoms with E-state index in [0.717, 1.165) is 12.1 Å².